The minimum Gasteiger partial charge on any atom is -0.493 e. The number of carbonyl (C=O) groups excluding carboxylic acids is 2. The van der Waals surface area contributed by atoms with Gasteiger partial charge < -0.3 is 9.47 Å². The highest BCUT2D eigenvalue weighted by atomic mass is 16.5. The average Bonchev–Trinajstić information content (AvgIpc) is 2.62. The molecular weight excluding hydrogens is 322 g/mol. The van der Waals surface area contributed by atoms with Crippen LogP contribution in [0.3, 0.4) is 0 Å². The van der Waals surface area contributed by atoms with Gasteiger partial charge in [-0.3, -0.25) is 25.2 Å². The summed E-state index contributed by atoms with van der Waals surface area (Å²) in [5.74, 6) is 0.965. The molecule has 1 aliphatic heterocycles. The molecule has 1 fully saturated rings. The molecule has 0 bridgehead atoms. The molecule has 1 saturated heterocycles. The normalized spacial score (nSPS) is 16.1. The Morgan fingerprint density at radius 1 is 1.00 bits per heavy atom. The molecule has 0 unspecified atom stereocenters. The Kier molecular flexibility index (Phi) is 6.01. The molecule has 136 valence electrons. The van der Waals surface area contributed by atoms with E-state index in [4.69, 9.17) is 9.47 Å². The van der Waals surface area contributed by atoms with Crippen LogP contribution in [-0.2, 0) is 16.0 Å². The van der Waals surface area contributed by atoms with Gasteiger partial charge in [0.25, 0.3) is 0 Å². The highest BCUT2D eigenvalue weighted by molar-refractivity contribution is 6.20. The molecule has 1 aromatic carbocycles. The van der Waals surface area contributed by atoms with Gasteiger partial charge in [-0.2, -0.15) is 0 Å². The van der Waals surface area contributed by atoms with Gasteiger partial charge in [-0.15, -0.1) is 0 Å². The molecule has 25 heavy (non-hydrogen) atoms. The Labute approximate surface area is 147 Å². The zero-order valence-corrected chi connectivity index (χ0v) is 15.1. The third-order valence-corrected chi connectivity index (χ3v) is 4.66. The van der Waals surface area contributed by atoms with Crippen molar-refractivity contribution < 1.29 is 19.1 Å². The fourth-order valence-corrected chi connectivity index (χ4v) is 2.89. The number of amides is 2. The van der Waals surface area contributed by atoms with Crippen molar-refractivity contribution in [1.29, 1.82) is 0 Å². The van der Waals surface area contributed by atoms with Crippen molar-refractivity contribution in [1.82, 2.24) is 10.6 Å². The fraction of sp³-hybridized carbons (Fsp3) is 0.500. The molecule has 2 N–H and O–H groups in total. The predicted octanol–water partition coefficient (Wildman–Crippen LogP) is 1.65. The van der Waals surface area contributed by atoms with E-state index >= 15 is 0 Å². The summed E-state index contributed by atoms with van der Waals surface area (Å²) in [6.07, 6.45) is 1.56. The first kappa shape index (κ1) is 18.8. The Morgan fingerprint density at radius 2 is 1.60 bits per heavy atom. The minimum atomic E-state index is -0.998. The van der Waals surface area contributed by atoms with E-state index in [1.165, 1.54) is 0 Å². The molecule has 2 amide bonds. The lowest BCUT2D eigenvalue weighted by Gasteiger charge is -2.33. The number of ether oxygens (including phenoxy) is 2. The molecule has 1 heterocycles. The van der Waals surface area contributed by atoms with Gasteiger partial charge in [0.2, 0.25) is 17.8 Å². The summed E-state index contributed by atoms with van der Waals surface area (Å²) in [4.78, 5) is 28.9. The second-order valence-electron chi connectivity index (χ2n) is 5.87. The van der Waals surface area contributed by atoms with E-state index in [-0.39, 0.29) is 17.8 Å². The Hall–Kier alpha value is -2.57. The Balaban J connectivity index is 2.02. The molecule has 7 heteroatoms. The quantitative estimate of drug-likeness (QED) is 0.734. The van der Waals surface area contributed by atoms with Gasteiger partial charge >= 0.3 is 0 Å². The zero-order chi connectivity index (χ0) is 18.4. The molecule has 0 aromatic heterocycles. The van der Waals surface area contributed by atoms with Crippen LogP contribution in [0.5, 0.6) is 11.5 Å². The van der Waals surface area contributed by atoms with Crippen LogP contribution in [0.4, 0.5) is 0 Å². The number of methoxy groups -OCH3 is 2. The zero-order valence-electron chi connectivity index (χ0n) is 15.1. The smallest absolute Gasteiger partial charge is 0.242 e. The van der Waals surface area contributed by atoms with Crippen LogP contribution in [0.25, 0.3) is 0 Å². The van der Waals surface area contributed by atoms with Crippen molar-refractivity contribution >= 4 is 17.8 Å². The largest absolute Gasteiger partial charge is 0.493 e. The maximum atomic E-state index is 12.3. The third-order valence-electron chi connectivity index (χ3n) is 4.66. The van der Waals surface area contributed by atoms with Crippen LogP contribution in [0, 0.1) is 5.41 Å². The summed E-state index contributed by atoms with van der Waals surface area (Å²) >= 11 is 0. The van der Waals surface area contributed by atoms with Gasteiger partial charge in [0.15, 0.2) is 11.5 Å². The van der Waals surface area contributed by atoms with Crippen molar-refractivity contribution in [2.75, 3.05) is 20.8 Å². The number of benzene rings is 1. The molecule has 1 aliphatic rings. The van der Waals surface area contributed by atoms with Crippen LogP contribution in [0.2, 0.25) is 0 Å². The molecule has 1 aromatic rings. The van der Waals surface area contributed by atoms with Gasteiger partial charge in [-0.1, -0.05) is 19.9 Å². The van der Waals surface area contributed by atoms with Crippen molar-refractivity contribution in [2.45, 2.75) is 33.1 Å². The number of hydrogen-bond acceptors (Lipinski definition) is 5. The number of aliphatic imine (C=N–C) groups is 1. The standard InChI is InChI=1S/C18H25N3O4/c1-5-18(6-2)15(22)20-17(21-16(18)23)19-10-9-12-7-8-13(24-3)14(11-12)25-4/h7-8,11H,5-6,9-10H2,1-4H3,(H2,19,20,21,22,23). The molecule has 0 atom stereocenters. The number of hydrogen-bond donors (Lipinski definition) is 2. The fourth-order valence-electron chi connectivity index (χ4n) is 2.89. The van der Waals surface area contributed by atoms with E-state index in [2.05, 4.69) is 15.6 Å². The molecule has 0 radical (unpaired) electrons. The first-order valence-corrected chi connectivity index (χ1v) is 8.39. The molecular formula is C18H25N3O4. The van der Waals surface area contributed by atoms with Crippen LogP contribution >= 0.6 is 0 Å². The summed E-state index contributed by atoms with van der Waals surface area (Å²) in [5, 5.41) is 5.40. The highest BCUT2D eigenvalue weighted by Gasteiger charge is 2.46. The van der Waals surface area contributed by atoms with Crippen LogP contribution in [0.1, 0.15) is 32.3 Å². The second kappa shape index (κ2) is 8.00. The van der Waals surface area contributed by atoms with Crippen molar-refractivity contribution in [3.63, 3.8) is 0 Å². The lowest BCUT2D eigenvalue weighted by Crippen LogP contribution is -2.62. The first-order valence-electron chi connectivity index (χ1n) is 8.39. The summed E-state index contributed by atoms with van der Waals surface area (Å²) in [6, 6.07) is 5.65. The van der Waals surface area contributed by atoms with Gasteiger partial charge in [-0.05, 0) is 37.0 Å². The Morgan fingerprint density at radius 3 is 2.12 bits per heavy atom. The van der Waals surface area contributed by atoms with Crippen LogP contribution < -0.4 is 20.1 Å². The van der Waals surface area contributed by atoms with Crippen molar-refractivity contribution in [3.05, 3.63) is 23.8 Å². The van der Waals surface area contributed by atoms with Gasteiger partial charge in [-0.25, -0.2) is 0 Å². The van der Waals surface area contributed by atoms with E-state index in [1.807, 2.05) is 32.0 Å². The average molecular weight is 347 g/mol. The lowest BCUT2D eigenvalue weighted by atomic mass is 9.79. The van der Waals surface area contributed by atoms with E-state index in [9.17, 15) is 9.59 Å². The number of rotatable bonds is 7. The van der Waals surface area contributed by atoms with Gasteiger partial charge in [0, 0.05) is 6.54 Å². The summed E-state index contributed by atoms with van der Waals surface area (Å²) < 4.78 is 10.5. The first-order chi connectivity index (χ1) is 12.0. The number of nitrogens with zero attached hydrogens (tertiary/aromatic N) is 1. The molecule has 7 nitrogen and oxygen atoms in total. The van der Waals surface area contributed by atoms with Crippen molar-refractivity contribution in [2.24, 2.45) is 10.4 Å². The number of guanidine groups is 1. The SMILES string of the molecule is CCC1(CC)C(=O)NC(=NCCc2ccc(OC)c(OC)c2)NC1=O. The van der Waals surface area contributed by atoms with E-state index < -0.39 is 5.41 Å². The third kappa shape index (κ3) is 3.75. The van der Waals surface area contributed by atoms with Crippen LogP contribution in [-0.4, -0.2) is 38.5 Å². The molecule has 0 saturated carbocycles. The molecule has 2 rings (SSSR count). The summed E-state index contributed by atoms with van der Waals surface area (Å²) in [6.45, 7) is 4.10. The van der Waals surface area contributed by atoms with E-state index in [0.29, 0.717) is 37.3 Å². The Bertz CT molecular complexity index is 659. The molecule has 0 spiro atoms. The number of nitrogens with one attached hydrogen (secondary N) is 2. The van der Waals surface area contributed by atoms with E-state index in [1.54, 1.807) is 14.2 Å². The highest BCUT2D eigenvalue weighted by Crippen LogP contribution is 2.29. The van der Waals surface area contributed by atoms with E-state index in [0.717, 1.165) is 5.56 Å². The van der Waals surface area contributed by atoms with Gasteiger partial charge in [0.1, 0.15) is 5.41 Å². The van der Waals surface area contributed by atoms with Gasteiger partial charge in [0.05, 0.1) is 14.2 Å². The second-order valence-corrected chi connectivity index (χ2v) is 5.87. The lowest BCUT2D eigenvalue weighted by molar-refractivity contribution is -0.144. The minimum absolute atomic E-state index is 0.216. The summed E-state index contributed by atoms with van der Waals surface area (Å²) in [7, 11) is 3.17. The van der Waals surface area contributed by atoms with Crippen molar-refractivity contribution in [3.8, 4) is 11.5 Å². The maximum Gasteiger partial charge on any atom is 0.242 e. The summed E-state index contributed by atoms with van der Waals surface area (Å²) in [5.41, 5.74) is 0.0227. The predicted molar refractivity (Wildman–Crippen MR) is 94.9 cm³/mol. The number of carbonyl (C=O) groups is 2. The maximum absolute atomic E-state index is 12.3. The molecule has 0 aliphatic carbocycles. The monoisotopic (exact) mass is 347 g/mol. The van der Waals surface area contributed by atoms with Crippen LogP contribution in [0.15, 0.2) is 23.2 Å². The topological polar surface area (TPSA) is 89.0 Å².